The van der Waals surface area contributed by atoms with Crippen LogP contribution in [0, 0.1) is 6.92 Å². The molecule has 1 aromatic heterocycles. The first-order chi connectivity index (χ1) is 13.0. The molecule has 27 heavy (non-hydrogen) atoms. The Morgan fingerprint density at radius 3 is 2.70 bits per heavy atom. The molecule has 1 amide bonds. The van der Waals surface area contributed by atoms with Gasteiger partial charge in [0.15, 0.2) is 0 Å². The lowest BCUT2D eigenvalue weighted by atomic mass is 10.1. The first-order valence-corrected chi connectivity index (χ1v) is 9.58. The van der Waals surface area contributed by atoms with Crippen molar-refractivity contribution in [2.75, 3.05) is 25.3 Å². The number of amides is 1. The highest BCUT2D eigenvalue weighted by molar-refractivity contribution is 8.00. The molecule has 1 heterocycles. The number of aryl methyl sites for hydroxylation is 1. The van der Waals surface area contributed by atoms with E-state index in [-0.39, 0.29) is 11.7 Å². The third-order valence-electron chi connectivity index (χ3n) is 3.94. The van der Waals surface area contributed by atoms with Crippen LogP contribution in [0.1, 0.15) is 5.56 Å². The van der Waals surface area contributed by atoms with E-state index in [1.165, 1.54) is 11.8 Å². The predicted molar refractivity (Wildman–Crippen MR) is 110 cm³/mol. The van der Waals surface area contributed by atoms with Crippen molar-refractivity contribution >= 4 is 45.9 Å². The van der Waals surface area contributed by atoms with Gasteiger partial charge in [0.25, 0.3) is 0 Å². The summed E-state index contributed by atoms with van der Waals surface area (Å²) in [5, 5.41) is 4.26. The molecule has 2 aromatic carbocycles. The van der Waals surface area contributed by atoms with Crippen LogP contribution >= 0.6 is 23.4 Å². The quantitative estimate of drug-likeness (QED) is 0.467. The number of fused-ring (bicyclic) bond motifs is 1. The van der Waals surface area contributed by atoms with Crippen LogP contribution in [0.3, 0.4) is 0 Å². The molecule has 140 valence electrons. The normalized spacial score (nSPS) is 10.7. The van der Waals surface area contributed by atoms with Crippen LogP contribution in [0.25, 0.3) is 10.9 Å². The Hall–Kier alpha value is -2.44. The molecule has 0 atom stereocenters. The van der Waals surface area contributed by atoms with Crippen molar-refractivity contribution in [1.82, 2.24) is 4.98 Å². The summed E-state index contributed by atoms with van der Waals surface area (Å²) in [6, 6.07) is 13.0. The van der Waals surface area contributed by atoms with E-state index in [1.54, 1.807) is 38.5 Å². The Morgan fingerprint density at radius 1 is 1.15 bits per heavy atom. The van der Waals surface area contributed by atoms with Crippen LogP contribution < -0.4 is 14.8 Å². The molecule has 0 saturated carbocycles. The number of anilines is 1. The van der Waals surface area contributed by atoms with Gasteiger partial charge >= 0.3 is 0 Å². The van der Waals surface area contributed by atoms with Crippen molar-refractivity contribution in [3.8, 4) is 11.5 Å². The van der Waals surface area contributed by atoms with Gasteiger partial charge in [0, 0.05) is 16.3 Å². The minimum Gasteiger partial charge on any atom is -0.497 e. The monoisotopic (exact) mass is 402 g/mol. The second-order valence-corrected chi connectivity index (χ2v) is 7.27. The topological polar surface area (TPSA) is 60.5 Å². The van der Waals surface area contributed by atoms with Crippen LogP contribution in [0.15, 0.2) is 47.4 Å². The number of nitrogens with one attached hydrogen (secondary N) is 1. The van der Waals surface area contributed by atoms with Crippen molar-refractivity contribution in [2.45, 2.75) is 11.8 Å². The summed E-state index contributed by atoms with van der Waals surface area (Å²) < 4.78 is 10.5. The van der Waals surface area contributed by atoms with Gasteiger partial charge in [-0.1, -0.05) is 23.2 Å². The third-order valence-corrected chi connectivity index (χ3v) is 5.19. The number of rotatable bonds is 6. The minimum atomic E-state index is -0.141. The lowest BCUT2D eigenvalue weighted by Gasteiger charge is -2.12. The van der Waals surface area contributed by atoms with Gasteiger partial charge in [0.2, 0.25) is 5.91 Å². The molecule has 0 bridgehead atoms. The van der Waals surface area contributed by atoms with E-state index in [4.69, 9.17) is 21.1 Å². The Balaban J connectivity index is 1.75. The van der Waals surface area contributed by atoms with E-state index in [1.807, 2.05) is 25.1 Å². The number of hydrogen-bond acceptors (Lipinski definition) is 5. The number of nitrogens with zero attached hydrogens (tertiary/aromatic N) is 1. The summed E-state index contributed by atoms with van der Waals surface area (Å²) in [4.78, 5) is 17.7. The van der Waals surface area contributed by atoms with Gasteiger partial charge in [0.1, 0.15) is 16.7 Å². The van der Waals surface area contributed by atoms with E-state index >= 15 is 0 Å². The molecule has 0 aliphatic rings. The summed E-state index contributed by atoms with van der Waals surface area (Å²) in [5.41, 5.74) is 2.53. The van der Waals surface area contributed by atoms with Gasteiger partial charge in [-0.2, -0.15) is 0 Å². The summed E-state index contributed by atoms with van der Waals surface area (Å²) in [6.45, 7) is 2.02. The average Bonchev–Trinajstić information content (AvgIpc) is 2.66. The minimum absolute atomic E-state index is 0.141. The zero-order chi connectivity index (χ0) is 19.4. The molecule has 1 N–H and O–H groups in total. The number of pyridine rings is 1. The highest BCUT2D eigenvalue weighted by Gasteiger charge is 2.12. The number of halogens is 1. The number of ether oxygens (including phenoxy) is 2. The molecule has 0 aliphatic heterocycles. The first kappa shape index (κ1) is 19.3. The molecule has 5 nitrogen and oxygen atoms in total. The van der Waals surface area contributed by atoms with Gasteiger partial charge in [-0.25, -0.2) is 4.98 Å². The average molecular weight is 403 g/mol. The molecule has 0 spiro atoms. The van der Waals surface area contributed by atoms with E-state index in [0.29, 0.717) is 22.3 Å². The number of carbonyl (C=O) groups excluding carboxylic acids is 1. The van der Waals surface area contributed by atoms with Crippen molar-refractivity contribution in [2.24, 2.45) is 0 Å². The standard InChI is InChI=1S/C20H19ClN2O3S/c1-12-4-6-15-14(8-12)18(10-19(21)22-15)27-11-20(24)23-16-7-5-13(25-2)9-17(16)26-3/h4-10H,11H2,1-3H3,(H,23,24). The molecule has 0 fully saturated rings. The van der Waals surface area contributed by atoms with Gasteiger partial charge < -0.3 is 14.8 Å². The maximum Gasteiger partial charge on any atom is 0.234 e. The fourth-order valence-corrected chi connectivity index (χ4v) is 3.77. The molecule has 3 aromatic rings. The van der Waals surface area contributed by atoms with E-state index in [9.17, 15) is 4.79 Å². The second kappa shape index (κ2) is 8.50. The Bertz CT molecular complexity index is 994. The maximum atomic E-state index is 12.4. The molecule has 0 aliphatic carbocycles. The Kier molecular flexibility index (Phi) is 6.08. The molecule has 0 saturated heterocycles. The summed E-state index contributed by atoms with van der Waals surface area (Å²) >= 11 is 7.54. The molecular weight excluding hydrogens is 384 g/mol. The molecule has 0 radical (unpaired) electrons. The Labute approximate surface area is 167 Å². The zero-order valence-electron chi connectivity index (χ0n) is 15.2. The van der Waals surface area contributed by atoms with Crippen molar-refractivity contribution in [1.29, 1.82) is 0 Å². The Morgan fingerprint density at radius 2 is 1.96 bits per heavy atom. The van der Waals surface area contributed by atoms with E-state index in [0.717, 1.165) is 21.4 Å². The van der Waals surface area contributed by atoms with Gasteiger partial charge in [-0.3, -0.25) is 4.79 Å². The van der Waals surface area contributed by atoms with E-state index in [2.05, 4.69) is 10.3 Å². The first-order valence-electron chi connectivity index (χ1n) is 8.21. The molecular formula is C20H19ClN2O3S. The molecule has 3 rings (SSSR count). The van der Waals surface area contributed by atoms with Gasteiger partial charge in [0.05, 0.1) is 31.2 Å². The number of hydrogen-bond donors (Lipinski definition) is 1. The van der Waals surface area contributed by atoms with Gasteiger partial charge in [-0.05, 0) is 37.3 Å². The lowest BCUT2D eigenvalue weighted by Crippen LogP contribution is -2.14. The number of methoxy groups -OCH3 is 2. The van der Waals surface area contributed by atoms with Crippen molar-refractivity contribution in [3.05, 3.63) is 53.2 Å². The second-order valence-electron chi connectivity index (χ2n) is 5.87. The highest BCUT2D eigenvalue weighted by Crippen LogP contribution is 2.32. The summed E-state index contributed by atoms with van der Waals surface area (Å²) in [7, 11) is 3.13. The fraction of sp³-hybridized carbons (Fsp3) is 0.200. The SMILES string of the molecule is COc1ccc(NC(=O)CSc2cc(Cl)nc3ccc(C)cc23)c(OC)c1. The van der Waals surface area contributed by atoms with Crippen molar-refractivity contribution < 1.29 is 14.3 Å². The lowest BCUT2D eigenvalue weighted by molar-refractivity contribution is -0.113. The number of aromatic nitrogens is 1. The van der Waals surface area contributed by atoms with Crippen LogP contribution in [-0.4, -0.2) is 30.9 Å². The fourth-order valence-electron chi connectivity index (χ4n) is 2.63. The number of carbonyl (C=O) groups is 1. The van der Waals surface area contributed by atoms with Gasteiger partial charge in [-0.15, -0.1) is 11.8 Å². The highest BCUT2D eigenvalue weighted by atomic mass is 35.5. The summed E-state index contributed by atoms with van der Waals surface area (Å²) in [6.07, 6.45) is 0. The van der Waals surface area contributed by atoms with Crippen molar-refractivity contribution in [3.63, 3.8) is 0 Å². The molecule has 0 unspecified atom stereocenters. The predicted octanol–water partition coefficient (Wildman–Crippen LogP) is 4.94. The number of benzene rings is 2. The third kappa shape index (κ3) is 4.64. The van der Waals surface area contributed by atoms with Crippen LogP contribution in [0.5, 0.6) is 11.5 Å². The summed E-state index contributed by atoms with van der Waals surface area (Å²) in [5.74, 6) is 1.30. The number of thioether (sulfide) groups is 1. The maximum absolute atomic E-state index is 12.4. The van der Waals surface area contributed by atoms with Crippen LogP contribution in [0.2, 0.25) is 5.15 Å². The zero-order valence-corrected chi connectivity index (χ0v) is 16.8. The van der Waals surface area contributed by atoms with E-state index < -0.39 is 0 Å². The molecule has 7 heteroatoms. The van der Waals surface area contributed by atoms with Crippen LogP contribution in [0.4, 0.5) is 5.69 Å². The smallest absolute Gasteiger partial charge is 0.234 e. The largest absolute Gasteiger partial charge is 0.497 e. The van der Waals surface area contributed by atoms with Crippen LogP contribution in [-0.2, 0) is 4.79 Å².